The Kier molecular flexibility index (Phi) is 3.75. The summed E-state index contributed by atoms with van der Waals surface area (Å²) < 4.78 is 0. The lowest BCUT2D eigenvalue weighted by Gasteiger charge is -2.08. The lowest BCUT2D eigenvalue weighted by Crippen LogP contribution is -2.12. The molecule has 2 aromatic carbocycles. The minimum atomic E-state index is -0.404. The number of phenols is 1. The van der Waals surface area contributed by atoms with Gasteiger partial charge in [-0.15, -0.1) is 0 Å². The average Bonchev–Trinajstić information content (AvgIpc) is 2.34. The van der Waals surface area contributed by atoms with Crippen molar-refractivity contribution in [3.8, 4) is 5.75 Å². The Morgan fingerprint density at radius 2 is 1.83 bits per heavy atom. The summed E-state index contributed by atoms with van der Waals surface area (Å²) in [6.07, 6.45) is 0. The predicted octanol–water partition coefficient (Wildman–Crippen LogP) is 3.95. The molecular formula is C13H9Cl2NO2. The molecule has 0 aliphatic carbocycles. The van der Waals surface area contributed by atoms with Crippen LogP contribution < -0.4 is 5.32 Å². The first-order valence-corrected chi connectivity index (χ1v) is 5.88. The molecule has 0 saturated heterocycles. The van der Waals surface area contributed by atoms with Gasteiger partial charge in [0.15, 0.2) is 0 Å². The number of benzene rings is 2. The van der Waals surface area contributed by atoms with Crippen molar-refractivity contribution in [1.29, 1.82) is 0 Å². The summed E-state index contributed by atoms with van der Waals surface area (Å²) in [7, 11) is 0. The Morgan fingerprint density at radius 3 is 2.56 bits per heavy atom. The molecule has 0 bridgehead atoms. The Bertz CT molecular complexity index is 599. The van der Waals surface area contributed by atoms with Crippen molar-refractivity contribution in [2.24, 2.45) is 0 Å². The van der Waals surface area contributed by atoms with Gasteiger partial charge in [0.25, 0.3) is 5.91 Å². The molecule has 2 rings (SSSR count). The fourth-order valence-corrected chi connectivity index (χ4v) is 1.84. The van der Waals surface area contributed by atoms with Crippen molar-refractivity contribution in [2.45, 2.75) is 0 Å². The van der Waals surface area contributed by atoms with Gasteiger partial charge in [-0.25, -0.2) is 0 Å². The maximum Gasteiger partial charge on any atom is 0.257 e. The molecule has 18 heavy (non-hydrogen) atoms. The van der Waals surface area contributed by atoms with Gasteiger partial charge >= 0.3 is 0 Å². The Morgan fingerprint density at radius 1 is 1.11 bits per heavy atom. The van der Waals surface area contributed by atoms with Gasteiger partial charge in [-0.2, -0.15) is 0 Å². The van der Waals surface area contributed by atoms with Crippen LogP contribution in [0.25, 0.3) is 0 Å². The van der Waals surface area contributed by atoms with Crippen molar-refractivity contribution >= 4 is 34.8 Å². The third-order valence-electron chi connectivity index (χ3n) is 2.33. The number of halogens is 2. The normalized spacial score (nSPS) is 10.1. The molecular weight excluding hydrogens is 273 g/mol. The number of rotatable bonds is 2. The molecule has 0 radical (unpaired) electrons. The van der Waals surface area contributed by atoms with E-state index in [0.29, 0.717) is 15.6 Å². The molecule has 5 heteroatoms. The van der Waals surface area contributed by atoms with Crippen LogP contribution in [-0.4, -0.2) is 11.0 Å². The molecule has 1 amide bonds. The zero-order valence-corrected chi connectivity index (χ0v) is 10.7. The molecule has 0 aliphatic heterocycles. The second kappa shape index (κ2) is 5.29. The Balaban J connectivity index is 2.27. The Labute approximate surface area is 114 Å². The van der Waals surface area contributed by atoms with Gasteiger partial charge in [0.2, 0.25) is 0 Å². The van der Waals surface area contributed by atoms with Crippen LogP contribution in [0, 0.1) is 0 Å². The van der Waals surface area contributed by atoms with E-state index in [-0.39, 0.29) is 11.4 Å². The van der Waals surface area contributed by atoms with Crippen LogP contribution in [0.2, 0.25) is 10.0 Å². The number of amides is 1. The minimum Gasteiger partial charge on any atom is -0.506 e. The molecule has 0 aliphatic rings. The largest absolute Gasteiger partial charge is 0.506 e. The molecule has 3 nitrogen and oxygen atoms in total. The molecule has 0 fully saturated rings. The van der Waals surface area contributed by atoms with Crippen LogP contribution in [0.3, 0.4) is 0 Å². The second-order valence-corrected chi connectivity index (χ2v) is 4.44. The number of phenolic OH excluding ortho intramolecular Hbond substituents is 1. The van der Waals surface area contributed by atoms with Crippen LogP contribution >= 0.6 is 23.2 Å². The van der Waals surface area contributed by atoms with Crippen LogP contribution in [0.4, 0.5) is 5.69 Å². The molecule has 0 atom stereocenters. The van der Waals surface area contributed by atoms with E-state index in [4.69, 9.17) is 23.2 Å². The number of nitrogens with one attached hydrogen (secondary N) is 1. The zero-order chi connectivity index (χ0) is 13.1. The van der Waals surface area contributed by atoms with Gasteiger partial charge < -0.3 is 10.4 Å². The highest BCUT2D eigenvalue weighted by Gasteiger charge is 2.11. The molecule has 0 aromatic heterocycles. The summed E-state index contributed by atoms with van der Waals surface area (Å²) in [4.78, 5) is 11.9. The smallest absolute Gasteiger partial charge is 0.257 e. The highest BCUT2D eigenvalue weighted by molar-refractivity contribution is 6.34. The first-order chi connectivity index (χ1) is 8.58. The topological polar surface area (TPSA) is 49.3 Å². The third kappa shape index (κ3) is 2.75. The van der Waals surface area contributed by atoms with E-state index in [1.165, 1.54) is 18.2 Å². The summed E-state index contributed by atoms with van der Waals surface area (Å²) >= 11 is 11.7. The van der Waals surface area contributed by atoms with Crippen LogP contribution in [-0.2, 0) is 0 Å². The van der Waals surface area contributed by atoms with Crippen molar-refractivity contribution in [3.05, 3.63) is 58.1 Å². The molecule has 92 valence electrons. The molecule has 2 N–H and O–H groups in total. The summed E-state index contributed by atoms with van der Waals surface area (Å²) in [6.45, 7) is 0. The fraction of sp³-hybridized carbons (Fsp3) is 0. The first kappa shape index (κ1) is 12.7. The van der Waals surface area contributed by atoms with Crippen molar-refractivity contribution in [1.82, 2.24) is 0 Å². The quantitative estimate of drug-likeness (QED) is 0.819. The first-order valence-electron chi connectivity index (χ1n) is 5.12. The van der Waals surface area contributed by atoms with Gasteiger partial charge in [-0.1, -0.05) is 35.3 Å². The minimum absolute atomic E-state index is 0.0557. The Hall–Kier alpha value is -1.71. The lowest BCUT2D eigenvalue weighted by molar-refractivity contribution is 0.102. The second-order valence-electron chi connectivity index (χ2n) is 3.60. The number of carbonyl (C=O) groups excluding carboxylic acids is 1. The number of anilines is 1. The van der Waals surface area contributed by atoms with Gasteiger partial charge in [0.1, 0.15) is 5.75 Å². The average molecular weight is 282 g/mol. The molecule has 2 aromatic rings. The van der Waals surface area contributed by atoms with E-state index >= 15 is 0 Å². The summed E-state index contributed by atoms with van der Waals surface area (Å²) in [5.41, 5.74) is 0.575. The number of hydrogen-bond acceptors (Lipinski definition) is 2. The standard InChI is InChI=1S/C13H9Cl2NO2/c14-8-5-6-12(17)11(7-8)16-13(18)9-3-1-2-4-10(9)15/h1-7,17H,(H,16,18). The number of aromatic hydroxyl groups is 1. The van der Waals surface area contributed by atoms with Crippen molar-refractivity contribution in [2.75, 3.05) is 5.32 Å². The highest BCUT2D eigenvalue weighted by Crippen LogP contribution is 2.27. The maximum atomic E-state index is 11.9. The molecule has 0 spiro atoms. The number of carbonyl (C=O) groups is 1. The summed E-state index contributed by atoms with van der Waals surface area (Å²) in [5, 5.41) is 12.9. The van der Waals surface area contributed by atoms with Gasteiger partial charge in [0, 0.05) is 5.02 Å². The summed E-state index contributed by atoms with van der Waals surface area (Å²) in [6, 6.07) is 11.1. The maximum absolute atomic E-state index is 11.9. The highest BCUT2D eigenvalue weighted by atomic mass is 35.5. The van der Waals surface area contributed by atoms with Crippen molar-refractivity contribution < 1.29 is 9.90 Å². The molecule has 0 saturated carbocycles. The fourth-order valence-electron chi connectivity index (χ4n) is 1.44. The van der Waals surface area contributed by atoms with Gasteiger partial charge in [-0.05, 0) is 30.3 Å². The van der Waals surface area contributed by atoms with Crippen molar-refractivity contribution in [3.63, 3.8) is 0 Å². The monoisotopic (exact) mass is 281 g/mol. The van der Waals surface area contributed by atoms with E-state index in [1.54, 1.807) is 24.3 Å². The lowest BCUT2D eigenvalue weighted by atomic mass is 10.2. The molecule has 0 heterocycles. The van der Waals surface area contributed by atoms with E-state index < -0.39 is 5.91 Å². The summed E-state index contributed by atoms with van der Waals surface area (Å²) in [5.74, 6) is -0.460. The van der Waals surface area contributed by atoms with Gasteiger partial charge in [-0.3, -0.25) is 4.79 Å². The predicted molar refractivity (Wildman–Crippen MR) is 72.5 cm³/mol. The van der Waals surface area contributed by atoms with E-state index in [1.807, 2.05) is 0 Å². The van der Waals surface area contributed by atoms with Crippen LogP contribution in [0.15, 0.2) is 42.5 Å². The van der Waals surface area contributed by atoms with Crippen LogP contribution in [0.5, 0.6) is 5.75 Å². The van der Waals surface area contributed by atoms with E-state index in [9.17, 15) is 9.90 Å². The molecule has 0 unspecified atom stereocenters. The third-order valence-corrected chi connectivity index (χ3v) is 2.89. The SMILES string of the molecule is O=C(Nc1cc(Cl)ccc1O)c1ccccc1Cl. The van der Waals surface area contributed by atoms with E-state index in [0.717, 1.165) is 0 Å². The van der Waals surface area contributed by atoms with Crippen LogP contribution in [0.1, 0.15) is 10.4 Å². The number of hydrogen-bond donors (Lipinski definition) is 2. The van der Waals surface area contributed by atoms with Gasteiger partial charge in [0.05, 0.1) is 16.3 Å². The zero-order valence-electron chi connectivity index (χ0n) is 9.15. The van der Waals surface area contributed by atoms with E-state index in [2.05, 4.69) is 5.32 Å².